The highest BCUT2D eigenvalue weighted by molar-refractivity contribution is 7.84. The van der Waals surface area contributed by atoms with Gasteiger partial charge in [0.2, 0.25) is 0 Å². The Labute approximate surface area is 124 Å². The molecule has 0 saturated heterocycles. The van der Waals surface area contributed by atoms with Crippen LogP contribution in [0.5, 0.6) is 0 Å². The van der Waals surface area contributed by atoms with E-state index in [1.165, 1.54) is 24.3 Å². The van der Waals surface area contributed by atoms with Crippen LogP contribution >= 0.6 is 11.6 Å². The second-order valence-corrected chi connectivity index (χ2v) is 6.38. The molecule has 5 heteroatoms. The molecule has 0 aromatic heterocycles. The molecule has 1 N–H and O–H groups in total. The average molecular weight is 313 g/mol. The smallest absolute Gasteiger partial charge is 0.123 e. The monoisotopic (exact) mass is 312 g/mol. The van der Waals surface area contributed by atoms with Gasteiger partial charge < -0.3 is 5.11 Å². The zero-order valence-electron chi connectivity index (χ0n) is 10.6. The van der Waals surface area contributed by atoms with E-state index in [0.717, 1.165) is 5.56 Å². The zero-order valence-corrected chi connectivity index (χ0v) is 12.2. The minimum Gasteiger partial charge on any atom is -0.387 e. The number of hydrogen-bond acceptors (Lipinski definition) is 2. The van der Waals surface area contributed by atoms with Gasteiger partial charge in [-0.3, -0.25) is 4.21 Å². The third kappa shape index (κ3) is 4.40. The van der Waals surface area contributed by atoms with Crippen LogP contribution < -0.4 is 0 Å². The quantitative estimate of drug-likeness (QED) is 0.918. The van der Waals surface area contributed by atoms with E-state index in [2.05, 4.69) is 0 Å². The van der Waals surface area contributed by atoms with Crippen molar-refractivity contribution in [1.29, 1.82) is 0 Å². The fraction of sp³-hybridized carbons (Fsp3) is 0.200. The summed E-state index contributed by atoms with van der Waals surface area (Å²) in [5, 5.41) is 10.6. The largest absolute Gasteiger partial charge is 0.387 e. The molecule has 0 aliphatic carbocycles. The van der Waals surface area contributed by atoms with Gasteiger partial charge in [0.1, 0.15) is 5.82 Å². The lowest BCUT2D eigenvalue weighted by atomic mass is 10.1. The summed E-state index contributed by atoms with van der Waals surface area (Å²) in [7, 11) is -1.20. The third-order valence-electron chi connectivity index (χ3n) is 2.84. The predicted octanol–water partition coefficient (Wildman–Crippen LogP) is 3.46. The van der Waals surface area contributed by atoms with Gasteiger partial charge in [-0.15, -0.1) is 0 Å². The van der Waals surface area contributed by atoms with E-state index in [-0.39, 0.29) is 11.6 Å². The van der Waals surface area contributed by atoms with Crippen molar-refractivity contribution in [2.75, 3.05) is 5.75 Å². The van der Waals surface area contributed by atoms with Crippen molar-refractivity contribution < 1.29 is 13.7 Å². The van der Waals surface area contributed by atoms with Crippen LogP contribution in [0.15, 0.2) is 48.5 Å². The minimum atomic E-state index is -1.20. The molecule has 2 aromatic rings. The lowest BCUT2D eigenvalue weighted by molar-refractivity contribution is 0.203. The first-order chi connectivity index (χ1) is 9.54. The van der Waals surface area contributed by atoms with Crippen LogP contribution in [0.4, 0.5) is 4.39 Å². The fourth-order valence-corrected chi connectivity index (χ4v) is 3.14. The molecule has 0 aliphatic heterocycles. The lowest BCUT2D eigenvalue weighted by Crippen LogP contribution is -2.10. The molecule has 0 aliphatic rings. The Kier molecular flexibility index (Phi) is 5.29. The maximum absolute atomic E-state index is 12.8. The minimum absolute atomic E-state index is 0.119. The van der Waals surface area contributed by atoms with Crippen LogP contribution in [0.2, 0.25) is 5.02 Å². The zero-order chi connectivity index (χ0) is 14.5. The second kappa shape index (κ2) is 6.97. The number of halogens is 2. The van der Waals surface area contributed by atoms with Crippen LogP contribution in [-0.2, 0) is 16.6 Å². The van der Waals surface area contributed by atoms with Crippen LogP contribution in [-0.4, -0.2) is 15.1 Å². The number of benzene rings is 2. The molecular weight excluding hydrogens is 299 g/mol. The van der Waals surface area contributed by atoms with Crippen LogP contribution in [0.1, 0.15) is 17.2 Å². The van der Waals surface area contributed by atoms with E-state index in [4.69, 9.17) is 11.6 Å². The van der Waals surface area contributed by atoms with Gasteiger partial charge in [0.25, 0.3) is 0 Å². The van der Waals surface area contributed by atoms with Gasteiger partial charge in [0.15, 0.2) is 0 Å². The maximum atomic E-state index is 12.8. The van der Waals surface area contributed by atoms with E-state index in [1.54, 1.807) is 12.1 Å². The molecule has 0 amide bonds. The molecule has 0 spiro atoms. The number of hydrogen-bond donors (Lipinski definition) is 1. The van der Waals surface area contributed by atoms with Gasteiger partial charge in [-0.1, -0.05) is 35.9 Å². The summed E-state index contributed by atoms with van der Waals surface area (Å²) in [4.78, 5) is 0. The SMILES string of the molecule is O=S(Cc1ccc(Cl)cc1)CC(O)c1ccc(F)cc1. The third-order valence-corrected chi connectivity index (χ3v) is 4.43. The number of aliphatic hydroxyl groups excluding tert-OH is 1. The Morgan fingerprint density at radius 2 is 1.70 bits per heavy atom. The van der Waals surface area contributed by atoms with Crippen molar-refractivity contribution in [3.8, 4) is 0 Å². The molecule has 20 heavy (non-hydrogen) atoms. The number of aliphatic hydroxyl groups is 1. The lowest BCUT2D eigenvalue weighted by Gasteiger charge is -2.11. The molecular formula is C15H14ClFO2S. The Morgan fingerprint density at radius 1 is 1.10 bits per heavy atom. The van der Waals surface area contributed by atoms with E-state index >= 15 is 0 Å². The Hall–Kier alpha value is -1.23. The summed E-state index contributed by atoms with van der Waals surface area (Å²) >= 11 is 5.78. The van der Waals surface area contributed by atoms with Crippen molar-refractivity contribution >= 4 is 22.4 Å². The summed E-state index contributed by atoms with van der Waals surface area (Å²) in [6, 6.07) is 12.7. The standard InChI is InChI=1S/C15H14ClFO2S/c16-13-5-1-11(2-6-13)9-20(19)10-15(18)12-3-7-14(17)8-4-12/h1-8,15,18H,9-10H2. The first-order valence-electron chi connectivity index (χ1n) is 6.07. The van der Waals surface area contributed by atoms with E-state index in [9.17, 15) is 13.7 Å². The van der Waals surface area contributed by atoms with E-state index in [1.807, 2.05) is 12.1 Å². The first-order valence-corrected chi connectivity index (χ1v) is 7.94. The highest BCUT2D eigenvalue weighted by atomic mass is 35.5. The normalized spacial score (nSPS) is 13.9. The summed E-state index contributed by atoms with van der Waals surface area (Å²) in [6.07, 6.45) is -0.858. The molecule has 2 rings (SSSR count). The van der Waals surface area contributed by atoms with Crippen molar-refractivity contribution in [3.63, 3.8) is 0 Å². The van der Waals surface area contributed by atoms with Crippen LogP contribution in [0.25, 0.3) is 0 Å². The second-order valence-electron chi connectivity index (χ2n) is 4.44. The maximum Gasteiger partial charge on any atom is 0.123 e. The van der Waals surface area contributed by atoms with Crippen molar-refractivity contribution in [3.05, 3.63) is 70.5 Å². The summed E-state index contributed by atoms with van der Waals surface area (Å²) in [5.41, 5.74) is 1.47. The van der Waals surface area contributed by atoms with Gasteiger partial charge in [-0.05, 0) is 35.4 Å². The van der Waals surface area contributed by atoms with Gasteiger partial charge in [-0.25, -0.2) is 4.39 Å². The molecule has 2 unspecified atom stereocenters. The molecule has 0 bridgehead atoms. The summed E-state index contributed by atoms with van der Waals surface area (Å²) in [5.74, 6) is 0.118. The highest BCUT2D eigenvalue weighted by Gasteiger charge is 2.12. The van der Waals surface area contributed by atoms with E-state index < -0.39 is 16.9 Å². The summed E-state index contributed by atoms with van der Waals surface area (Å²) < 4.78 is 24.8. The molecule has 2 aromatic carbocycles. The Bertz CT molecular complexity index is 584. The predicted molar refractivity (Wildman–Crippen MR) is 79.5 cm³/mol. The fourth-order valence-electron chi connectivity index (χ4n) is 1.78. The van der Waals surface area contributed by atoms with Gasteiger partial charge in [-0.2, -0.15) is 0 Å². The van der Waals surface area contributed by atoms with Gasteiger partial charge in [0.05, 0.1) is 11.9 Å². The molecule has 106 valence electrons. The summed E-state index contributed by atoms with van der Waals surface area (Å²) in [6.45, 7) is 0. The molecule has 2 atom stereocenters. The topological polar surface area (TPSA) is 37.3 Å². The number of rotatable bonds is 5. The van der Waals surface area contributed by atoms with Crippen molar-refractivity contribution in [1.82, 2.24) is 0 Å². The van der Waals surface area contributed by atoms with E-state index in [0.29, 0.717) is 16.3 Å². The Morgan fingerprint density at radius 3 is 2.30 bits per heavy atom. The van der Waals surface area contributed by atoms with Crippen molar-refractivity contribution in [2.45, 2.75) is 11.9 Å². The molecule has 0 saturated carbocycles. The first kappa shape index (κ1) is 15.2. The van der Waals surface area contributed by atoms with Gasteiger partial charge >= 0.3 is 0 Å². The molecule has 2 nitrogen and oxygen atoms in total. The molecule has 0 radical (unpaired) electrons. The Balaban J connectivity index is 1.93. The van der Waals surface area contributed by atoms with Crippen molar-refractivity contribution in [2.24, 2.45) is 0 Å². The average Bonchev–Trinajstić information content (AvgIpc) is 2.42. The molecule has 0 heterocycles. The highest BCUT2D eigenvalue weighted by Crippen LogP contribution is 2.17. The van der Waals surface area contributed by atoms with Crippen LogP contribution in [0.3, 0.4) is 0 Å². The van der Waals surface area contributed by atoms with Crippen LogP contribution in [0, 0.1) is 5.82 Å². The van der Waals surface area contributed by atoms with Gasteiger partial charge in [0, 0.05) is 21.6 Å². The molecule has 0 fully saturated rings.